The van der Waals surface area contributed by atoms with Crippen molar-refractivity contribution in [1.82, 2.24) is 0 Å². The molecule has 0 bridgehead atoms. The number of methoxy groups -OCH3 is 1. The number of rotatable bonds is 4. The summed E-state index contributed by atoms with van der Waals surface area (Å²) < 4.78 is 5.97. The molecule has 1 aromatic carbocycles. The minimum absolute atomic E-state index is 0.232. The third kappa shape index (κ3) is 2.97. The van der Waals surface area contributed by atoms with Crippen LogP contribution in [0.5, 0.6) is 5.75 Å². The lowest BCUT2D eigenvalue weighted by molar-refractivity contribution is 0.0953. The van der Waals surface area contributed by atoms with Crippen molar-refractivity contribution < 1.29 is 14.9 Å². The predicted octanol–water partition coefficient (Wildman–Crippen LogP) is 1.35. The summed E-state index contributed by atoms with van der Waals surface area (Å²) in [6.45, 7) is -0.232. The Morgan fingerprint density at radius 2 is 2.21 bits per heavy atom. The van der Waals surface area contributed by atoms with Gasteiger partial charge in [-0.25, -0.2) is 0 Å². The van der Waals surface area contributed by atoms with E-state index in [9.17, 15) is 5.11 Å². The van der Waals surface area contributed by atoms with E-state index >= 15 is 0 Å². The van der Waals surface area contributed by atoms with E-state index < -0.39 is 6.10 Å². The van der Waals surface area contributed by atoms with E-state index in [2.05, 4.69) is 15.9 Å². The fourth-order valence-electron chi connectivity index (χ4n) is 1.15. The Kier molecular flexibility index (Phi) is 4.38. The van der Waals surface area contributed by atoms with Crippen LogP contribution in [0.4, 0.5) is 0 Å². The highest BCUT2D eigenvalue weighted by molar-refractivity contribution is 9.10. The average Bonchev–Trinajstić information content (AvgIpc) is 2.21. The van der Waals surface area contributed by atoms with Crippen molar-refractivity contribution in [3.8, 4) is 5.75 Å². The van der Waals surface area contributed by atoms with Crippen LogP contribution in [-0.2, 0) is 6.42 Å². The average molecular weight is 261 g/mol. The number of benzene rings is 1. The molecule has 14 heavy (non-hydrogen) atoms. The maximum Gasteiger partial charge on any atom is 0.119 e. The molecular weight excluding hydrogens is 248 g/mol. The fraction of sp³-hybridized carbons (Fsp3) is 0.400. The zero-order chi connectivity index (χ0) is 10.6. The van der Waals surface area contributed by atoms with Gasteiger partial charge in [-0.2, -0.15) is 0 Å². The van der Waals surface area contributed by atoms with Crippen molar-refractivity contribution >= 4 is 15.9 Å². The molecule has 0 aliphatic carbocycles. The number of hydrogen-bond acceptors (Lipinski definition) is 3. The highest BCUT2D eigenvalue weighted by atomic mass is 79.9. The molecule has 0 saturated heterocycles. The Labute approximate surface area is 91.5 Å². The van der Waals surface area contributed by atoms with E-state index in [1.165, 1.54) is 0 Å². The first-order valence-electron chi connectivity index (χ1n) is 4.28. The molecule has 0 saturated carbocycles. The summed E-state index contributed by atoms with van der Waals surface area (Å²) in [6, 6.07) is 5.53. The zero-order valence-corrected chi connectivity index (χ0v) is 9.49. The van der Waals surface area contributed by atoms with Gasteiger partial charge in [-0.05, 0) is 23.8 Å². The van der Waals surface area contributed by atoms with Crippen LogP contribution in [0.3, 0.4) is 0 Å². The molecule has 0 heterocycles. The fourth-order valence-corrected chi connectivity index (χ4v) is 1.56. The van der Waals surface area contributed by atoms with Crippen LogP contribution in [0, 0.1) is 0 Å². The second kappa shape index (κ2) is 5.34. The van der Waals surface area contributed by atoms with Gasteiger partial charge in [-0.15, -0.1) is 0 Å². The molecule has 2 N–H and O–H groups in total. The molecule has 0 aliphatic heterocycles. The van der Waals surface area contributed by atoms with Crippen LogP contribution in [0.1, 0.15) is 5.56 Å². The van der Waals surface area contributed by atoms with Gasteiger partial charge in [0.25, 0.3) is 0 Å². The van der Waals surface area contributed by atoms with Crippen molar-refractivity contribution in [2.45, 2.75) is 12.5 Å². The molecule has 0 radical (unpaired) electrons. The monoisotopic (exact) mass is 260 g/mol. The van der Waals surface area contributed by atoms with Gasteiger partial charge in [0.05, 0.1) is 19.8 Å². The van der Waals surface area contributed by atoms with E-state index in [0.29, 0.717) is 6.42 Å². The van der Waals surface area contributed by atoms with Crippen LogP contribution in [0.25, 0.3) is 0 Å². The number of ether oxygens (including phenoxy) is 1. The Bertz CT molecular complexity index is 301. The van der Waals surface area contributed by atoms with Gasteiger partial charge in [0, 0.05) is 10.9 Å². The molecule has 3 nitrogen and oxygen atoms in total. The first kappa shape index (κ1) is 11.5. The first-order chi connectivity index (χ1) is 6.67. The Hall–Kier alpha value is -0.580. The Morgan fingerprint density at radius 1 is 1.50 bits per heavy atom. The predicted molar refractivity (Wildman–Crippen MR) is 57.5 cm³/mol. The minimum Gasteiger partial charge on any atom is -0.497 e. The standard InChI is InChI=1S/C10H13BrO3/c1-14-9-2-3-10(11)7(5-9)4-8(13)6-12/h2-3,5,8,12-13H,4,6H2,1H3. The highest BCUT2D eigenvalue weighted by Gasteiger charge is 2.08. The van der Waals surface area contributed by atoms with Gasteiger partial charge in [-0.1, -0.05) is 15.9 Å². The van der Waals surface area contributed by atoms with Crippen LogP contribution < -0.4 is 4.74 Å². The number of halogens is 1. The molecule has 0 aromatic heterocycles. The third-order valence-corrected chi connectivity index (χ3v) is 2.69. The lowest BCUT2D eigenvalue weighted by atomic mass is 10.1. The maximum absolute atomic E-state index is 9.29. The minimum atomic E-state index is -0.724. The SMILES string of the molecule is COc1ccc(Br)c(CC(O)CO)c1. The second-order valence-electron chi connectivity index (χ2n) is 3.00. The van der Waals surface area contributed by atoms with E-state index in [1.54, 1.807) is 7.11 Å². The Balaban J connectivity index is 2.83. The lowest BCUT2D eigenvalue weighted by Gasteiger charge is -2.10. The molecule has 1 rings (SSSR count). The summed E-state index contributed by atoms with van der Waals surface area (Å²) in [6.07, 6.45) is -0.313. The van der Waals surface area contributed by atoms with E-state index in [1.807, 2.05) is 18.2 Å². The molecule has 1 atom stereocenters. The van der Waals surface area contributed by atoms with Gasteiger partial charge in [0.15, 0.2) is 0 Å². The summed E-state index contributed by atoms with van der Waals surface area (Å²) in [4.78, 5) is 0. The highest BCUT2D eigenvalue weighted by Crippen LogP contribution is 2.23. The van der Waals surface area contributed by atoms with Crippen molar-refractivity contribution in [1.29, 1.82) is 0 Å². The third-order valence-electron chi connectivity index (χ3n) is 1.92. The maximum atomic E-state index is 9.29. The lowest BCUT2D eigenvalue weighted by Crippen LogP contribution is -2.15. The quantitative estimate of drug-likeness (QED) is 0.860. The molecule has 0 fully saturated rings. The molecule has 0 amide bonds. The van der Waals surface area contributed by atoms with Gasteiger partial charge < -0.3 is 14.9 Å². The van der Waals surface area contributed by atoms with Crippen molar-refractivity contribution in [3.05, 3.63) is 28.2 Å². The Morgan fingerprint density at radius 3 is 2.79 bits per heavy atom. The number of aliphatic hydroxyl groups excluding tert-OH is 2. The van der Waals surface area contributed by atoms with Crippen LogP contribution in [-0.4, -0.2) is 30.0 Å². The second-order valence-corrected chi connectivity index (χ2v) is 3.85. The number of aliphatic hydroxyl groups is 2. The molecular formula is C10H13BrO3. The van der Waals surface area contributed by atoms with Gasteiger partial charge in [-0.3, -0.25) is 0 Å². The molecule has 1 unspecified atom stereocenters. The van der Waals surface area contributed by atoms with Crippen LogP contribution in [0.15, 0.2) is 22.7 Å². The molecule has 78 valence electrons. The first-order valence-corrected chi connectivity index (χ1v) is 5.08. The van der Waals surface area contributed by atoms with Crippen LogP contribution >= 0.6 is 15.9 Å². The van der Waals surface area contributed by atoms with Crippen molar-refractivity contribution in [3.63, 3.8) is 0 Å². The summed E-state index contributed by atoms with van der Waals surface area (Å²) in [5.41, 5.74) is 0.922. The molecule has 1 aromatic rings. The van der Waals surface area contributed by atoms with Gasteiger partial charge in [0.2, 0.25) is 0 Å². The summed E-state index contributed by atoms with van der Waals surface area (Å²) in [5.74, 6) is 0.744. The topological polar surface area (TPSA) is 49.7 Å². The molecule has 0 aliphatic rings. The van der Waals surface area contributed by atoms with Crippen LogP contribution in [0.2, 0.25) is 0 Å². The van der Waals surface area contributed by atoms with Gasteiger partial charge >= 0.3 is 0 Å². The zero-order valence-electron chi connectivity index (χ0n) is 7.90. The van der Waals surface area contributed by atoms with E-state index in [0.717, 1.165) is 15.8 Å². The summed E-state index contributed by atoms with van der Waals surface area (Å²) in [5, 5.41) is 18.0. The summed E-state index contributed by atoms with van der Waals surface area (Å²) >= 11 is 3.37. The molecule has 4 heteroatoms. The largest absolute Gasteiger partial charge is 0.497 e. The summed E-state index contributed by atoms with van der Waals surface area (Å²) in [7, 11) is 1.59. The van der Waals surface area contributed by atoms with E-state index in [-0.39, 0.29) is 6.61 Å². The van der Waals surface area contributed by atoms with Crippen molar-refractivity contribution in [2.75, 3.05) is 13.7 Å². The smallest absolute Gasteiger partial charge is 0.119 e. The van der Waals surface area contributed by atoms with Gasteiger partial charge in [0.1, 0.15) is 5.75 Å². The normalized spacial score (nSPS) is 12.6. The number of hydrogen-bond donors (Lipinski definition) is 2. The molecule has 0 spiro atoms. The van der Waals surface area contributed by atoms with Crippen molar-refractivity contribution in [2.24, 2.45) is 0 Å². The van der Waals surface area contributed by atoms with E-state index in [4.69, 9.17) is 9.84 Å².